The van der Waals surface area contributed by atoms with Gasteiger partial charge in [-0.05, 0) is 61.8 Å². The fourth-order valence-corrected chi connectivity index (χ4v) is 4.11. The lowest BCUT2D eigenvalue weighted by atomic mass is 10.1. The van der Waals surface area contributed by atoms with E-state index in [0.29, 0.717) is 29.8 Å². The molecular formula is C23H24N6O2. The highest BCUT2D eigenvalue weighted by molar-refractivity contribution is 5.93. The van der Waals surface area contributed by atoms with Crippen LogP contribution < -0.4 is 15.8 Å². The van der Waals surface area contributed by atoms with E-state index in [9.17, 15) is 10.1 Å². The number of nitrogens with one attached hydrogen (secondary N) is 1. The molecule has 8 heteroatoms. The second-order valence-electron chi connectivity index (χ2n) is 8.51. The number of carbonyl (C=O) groups is 1. The maximum Gasteiger partial charge on any atom is 0.228 e. The van der Waals surface area contributed by atoms with Gasteiger partial charge in [-0.2, -0.15) is 10.4 Å². The molecule has 8 nitrogen and oxygen atoms in total. The summed E-state index contributed by atoms with van der Waals surface area (Å²) in [5, 5.41) is 16.6. The van der Waals surface area contributed by atoms with Crippen LogP contribution in [0.15, 0.2) is 36.7 Å². The molecule has 0 spiro atoms. The molecule has 3 N–H and O–H groups in total. The van der Waals surface area contributed by atoms with Crippen LogP contribution >= 0.6 is 0 Å². The number of hydrogen-bond donors (Lipinski definition) is 2. The molecule has 158 valence electrons. The van der Waals surface area contributed by atoms with Crippen molar-refractivity contribution in [3.8, 4) is 22.9 Å². The number of ether oxygens (including phenoxy) is 1. The average molecular weight is 416 g/mol. The summed E-state index contributed by atoms with van der Waals surface area (Å²) in [5.74, 6) is 1.77. The normalized spacial score (nSPS) is 20.5. The molecule has 3 heterocycles. The van der Waals surface area contributed by atoms with E-state index < -0.39 is 0 Å². The first-order chi connectivity index (χ1) is 15.1. The van der Waals surface area contributed by atoms with Crippen LogP contribution in [0.2, 0.25) is 0 Å². The van der Waals surface area contributed by atoms with Crippen LogP contribution in [0.1, 0.15) is 37.8 Å². The Morgan fingerprint density at radius 3 is 2.90 bits per heavy atom. The van der Waals surface area contributed by atoms with Crippen LogP contribution in [-0.2, 0) is 4.79 Å². The number of amides is 1. The second-order valence-corrected chi connectivity index (χ2v) is 8.51. The summed E-state index contributed by atoms with van der Waals surface area (Å²) in [4.78, 5) is 16.2. The number of fused-ring (bicyclic) bond motifs is 1. The summed E-state index contributed by atoms with van der Waals surface area (Å²) in [5.41, 5.74) is 8.89. The van der Waals surface area contributed by atoms with Gasteiger partial charge in [0.05, 0.1) is 18.3 Å². The van der Waals surface area contributed by atoms with Gasteiger partial charge in [-0.1, -0.05) is 0 Å². The lowest BCUT2D eigenvalue weighted by Gasteiger charge is -2.15. The van der Waals surface area contributed by atoms with Gasteiger partial charge < -0.3 is 15.8 Å². The zero-order chi connectivity index (χ0) is 21.4. The Morgan fingerprint density at radius 2 is 2.16 bits per heavy atom. The molecule has 5 rings (SSSR count). The van der Waals surface area contributed by atoms with Crippen molar-refractivity contribution in [2.45, 2.75) is 38.1 Å². The number of nitrogens with two attached hydrogens (primary N) is 1. The van der Waals surface area contributed by atoms with E-state index in [1.807, 2.05) is 24.4 Å². The quantitative estimate of drug-likeness (QED) is 0.637. The largest absolute Gasteiger partial charge is 0.491 e. The summed E-state index contributed by atoms with van der Waals surface area (Å²) >= 11 is 0. The van der Waals surface area contributed by atoms with Gasteiger partial charge in [0.25, 0.3) is 0 Å². The van der Waals surface area contributed by atoms with Crippen molar-refractivity contribution in [1.82, 2.24) is 14.6 Å². The number of hydrogen-bond acceptors (Lipinski definition) is 6. The van der Waals surface area contributed by atoms with Gasteiger partial charge in [0, 0.05) is 29.8 Å². The Bertz CT molecular complexity index is 1180. The third-order valence-electron chi connectivity index (χ3n) is 6.01. The lowest BCUT2D eigenvalue weighted by molar-refractivity contribution is -0.117. The fourth-order valence-electron chi connectivity index (χ4n) is 4.11. The predicted octanol–water partition coefficient (Wildman–Crippen LogP) is 3.12. The maximum atomic E-state index is 12.0. The summed E-state index contributed by atoms with van der Waals surface area (Å²) in [6.07, 6.45) is 8.41. The molecule has 31 heavy (non-hydrogen) atoms. The molecule has 0 unspecified atom stereocenters. The third kappa shape index (κ3) is 4.23. The molecule has 0 aliphatic heterocycles. The molecule has 0 aromatic carbocycles. The zero-order valence-corrected chi connectivity index (χ0v) is 17.1. The minimum absolute atomic E-state index is 0.0266. The van der Waals surface area contributed by atoms with Crippen molar-refractivity contribution in [1.29, 1.82) is 5.26 Å². The first-order valence-electron chi connectivity index (χ1n) is 10.7. The van der Waals surface area contributed by atoms with Crippen molar-refractivity contribution in [2.24, 2.45) is 17.6 Å². The number of nitrogens with zero attached hydrogens (tertiary/aromatic N) is 4. The monoisotopic (exact) mass is 416 g/mol. The van der Waals surface area contributed by atoms with Crippen molar-refractivity contribution in [3.63, 3.8) is 0 Å². The van der Waals surface area contributed by atoms with E-state index in [-0.39, 0.29) is 17.9 Å². The topological polar surface area (TPSA) is 118 Å². The number of carbonyl (C=O) groups excluding carboxylic acids is 1. The van der Waals surface area contributed by atoms with E-state index in [4.69, 9.17) is 10.5 Å². The minimum atomic E-state index is 0.0266. The summed E-state index contributed by atoms with van der Waals surface area (Å²) in [7, 11) is 0. The van der Waals surface area contributed by atoms with Crippen LogP contribution in [0.3, 0.4) is 0 Å². The van der Waals surface area contributed by atoms with Gasteiger partial charge in [0.15, 0.2) is 5.82 Å². The van der Waals surface area contributed by atoms with Gasteiger partial charge in [-0.3, -0.25) is 4.79 Å². The summed E-state index contributed by atoms with van der Waals surface area (Å²) < 4.78 is 7.84. The Balaban J connectivity index is 1.42. The number of nitriles is 1. The zero-order valence-electron chi connectivity index (χ0n) is 17.1. The van der Waals surface area contributed by atoms with Gasteiger partial charge in [0.2, 0.25) is 5.91 Å². The molecule has 2 saturated carbocycles. The maximum absolute atomic E-state index is 12.0. The smallest absolute Gasteiger partial charge is 0.228 e. The molecule has 0 radical (unpaired) electrons. The highest BCUT2D eigenvalue weighted by Gasteiger charge is 2.30. The molecule has 3 aromatic rings. The Morgan fingerprint density at radius 1 is 1.29 bits per heavy atom. The number of aromatic nitrogens is 3. The third-order valence-corrected chi connectivity index (χ3v) is 6.01. The van der Waals surface area contributed by atoms with Crippen LogP contribution in [0.5, 0.6) is 5.75 Å². The molecule has 0 saturated heterocycles. The van der Waals surface area contributed by atoms with Crippen LogP contribution in [0, 0.1) is 23.2 Å². The van der Waals surface area contributed by atoms with Gasteiger partial charge in [0.1, 0.15) is 17.5 Å². The van der Waals surface area contributed by atoms with Gasteiger partial charge >= 0.3 is 0 Å². The molecular weight excluding hydrogens is 392 g/mol. The standard InChI is InChI=1S/C23H24N6O2/c24-11-18-9-20(21(12-26-18)31-13-14-1-4-17(25)7-14)16-5-6-29-19(8-16)10-22(28-29)27-23(30)15-2-3-15/h5-6,8-10,12,14-15,17H,1-4,7,13,25H2,(H,27,28,30)/t14-,17-/m1/s1. The van der Waals surface area contributed by atoms with Crippen molar-refractivity contribution in [2.75, 3.05) is 11.9 Å². The van der Waals surface area contributed by atoms with Gasteiger partial charge in [-0.15, -0.1) is 0 Å². The molecule has 2 aliphatic rings. The van der Waals surface area contributed by atoms with E-state index in [1.54, 1.807) is 16.8 Å². The number of rotatable bonds is 6. The molecule has 0 bridgehead atoms. The Kier molecular flexibility index (Phi) is 5.04. The molecule has 2 fully saturated rings. The van der Waals surface area contributed by atoms with E-state index in [2.05, 4.69) is 21.5 Å². The fraction of sp³-hybridized carbons (Fsp3) is 0.391. The van der Waals surface area contributed by atoms with E-state index in [0.717, 1.165) is 48.7 Å². The Labute approximate surface area is 180 Å². The first kappa shape index (κ1) is 19.5. The van der Waals surface area contributed by atoms with Crippen LogP contribution in [0.4, 0.5) is 5.82 Å². The number of anilines is 1. The van der Waals surface area contributed by atoms with Crippen molar-refractivity contribution < 1.29 is 9.53 Å². The SMILES string of the molecule is N#Cc1cc(-c2ccn3nc(NC(=O)C4CC4)cc3c2)c(OC[C@@H]2CC[C@@H](N)C2)cn1. The van der Waals surface area contributed by atoms with Crippen molar-refractivity contribution in [3.05, 3.63) is 42.4 Å². The van der Waals surface area contributed by atoms with Gasteiger partial charge in [-0.25, -0.2) is 9.50 Å². The highest BCUT2D eigenvalue weighted by Crippen LogP contribution is 2.33. The minimum Gasteiger partial charge on any atom is -0.491 e. The summed E-state index contributed by atoms with van der Waals surface area (Å²) in [6, 6.07) is 9.83. The average Bonchev–Trinajstić information content (AvgIpc) is 3.43. The van der Waals surface area contributed by atoms with E-state index in [1.165, 1.54) is 0 Å². The molecule has 2 atom stereocenters. The first-order valence-corrected chi connectivity index (χ1v) is 10.7. The highest BCUT2D eigenvalue weighted by atomic mass is 16.5. The molecule has 1 amide bonds. The van der Waals surface area contributed by atoms with E-state index >= 15 is 0 Å². The van der Waals surface area contributed by atoms with Crippen LogP contribution in [0.25, 0.3) is 16.6 Å². The summed E-state index contributed by atoms with van der Waals surface area (Å²) in [6.45, 7) is 0.584. The van der Waals surface area contributed by atoms with Crippen molar-refractivity contribution >= 4 is 17.2 Å². The molecule has 2 aliphatic carbocycles. The lowest BCUT2D eigenvalue weighted by Crippen LogP contribution is -2.17. The second kappa shape index (κ2) is 8.00. The number of pyridine rings is 2. The van der Waals surface area contributed by atoms with Crippen LogP contribution in [-0.4, -0.2) is 33.2 Å². The predicted molar refractivity (Wildman–Crippen MR) is 115 cm³/mol. The molecule has 3 aromatic heterocycles. The Hall–Kier alpha value is -3.44.